The van der Waals surface area contributed by atoms with Gasteiger partial charge in [0.1, 0.15) is 10.8 Å². The van der Waals surface area contributed by atoms with E-state index in [1.807, 2.05) is 18.6 Å². The third-order valence-electron chi connectivity index (χ3n) is 4.83. The zero-order chi connectivity index (χ0) is 17.8. The van der Waals surface area contributed by atoms with Crippen molar-refractivity contribution in [2.24, 2.45) is 0 Å². The summed E-state index contributed by atoms with van der Waals surface area (Å²) in [6.45, 7) is 5.05. The smallest absolute Gasteiger partial charge is 0.208 e. The first kappa shape index (κ1) is 17.1. The van der Waals surface area contributed by atoms with E-state index >= 15 is 0 Å². The number of nitrogens with zero attached hydrogens (tertiary/aromatic N) is 6. The van der Waals surface area contributed by atoms with Crippen LogP contribution in [-0.2, 0) is 13.0 Å². The van der Waals surface area contributed by atoms with Gasteiger partial charge in [-0.2, -0.15) is 0 Å². The number of piperidine rings is 1. The van der Waals surface area contributed by atoms with E-state index in [4.69, 9.17) is 0 Å². The van der Waals surface area contributed by atoms with Crippen molar-refractivity contribution in [2.75, 3.05) is 18.0 Å². The molecule has 4 rings (SSSR count). The van der Waals surface area contributed by atoms with E-state index in [2.05, 4.69) is 54.9 Å². The fraction of sp³-hybridized carbons (Fsp3) is 0.474. The number of anilines is 1. The first-order valence-corrected chi connectivity index (χ1v) is 10.1. The van der Waals surface area contributed by atoms with E-state index in [1.165, 1.54) is 17.8 Å². The maximum absolute atomic E-state index is 4.69. The lowest BCUT2D eigenvalue weighted by atomic mass is 9.97. The number of rotatable bonds is 6. The molecule has 1 fully saturated rings. The molecular weight excluding hydrogens is 344 g/mol. The van der Waals surface area contributed by atoms with Crippen LogP contribution in [-0.4, -0.2) is 37.8 Å². The van der Waals surface area contributed by atoms with E-state index < -0.39 is 0 Å². The van der Waals surface area contributed by atoms with Crippen LogP contribution in [0, 0.1) is 0 Å². The van der Waals surface area contributed by atoms with Gasteiger partial charge in [-0.15, -0.1) is 10.2 Å². The molecule has 0 amide bonds. The van der Waals surface area contributed by atoms with Crippen LogP contribution >= 0.6 is 11.3 Å². The van der Waals surface area contributed by atoms with Crippen molar-refractivity contribution in [3.63, 3.8) is 0 Å². The van der Waals surface area contributed by atoms with Crippen LogP contribution < -0.4 is 4.90 Å². The summed E-state index contributed by atoms with van der Waals surface area (Å²) in [5.41, 5.74) is 1.25. The Morgan fingerprint density at radius 1 is 1.19 bits per heavy atom. The molecule has 1 unspecified atom stereocenters. The lowest BCUT2D eigenvalue weighted by Crippen LogP contribution is -2.35. The lowest BCUT2D eigenvalue weighted by Gasteiger charge is -2.32. The molecule has 0 aromatic carbocycles. The Hall–Kier alpha value is -2.28. The highest BCUT2D eigenvalue weighted by Gasteiger charge is 2.26. The van der Waals surface area contributed by atoms with Gasteiger partial charge in [0.15, 0.2) is 0 Å². The molecule has 7 heteroatoms. The molecule has 0 N–H and O–H groups in total. The normalized spacial score (nSPS) is 17.6. The van der Waals surface area contributed by atoms with Crippen molar-refractivity contribution in [3.05, 3.63) is 53.3 Å². The molecule has 3 aromatic rings. The Balaban J connectivity index is 1.49. The van der Waals surface area contributed by atoms with Crippen molar-refractivity contribution >= 4 is 16.5 Å². The third-order valence-corrected chi connectivity index (χ3v) is 5.87. The SMILES string of the molecule is CCCc1nnc(N2CCCC(c3nccn3Cc3ccncc3)C2)s1. The fourth-order valence-corrected chi connectivity index (χ4v) is 4.52. The van der Waals surface area contributed by atoms with Crippen LogP contribution in [0.5, 0.6) is 0 Å². The van der Waals surface area contributed by atoms with Crippen LogP contribution in [0.2, 0.25) is 0 Å². The first-order valence-electron chi connectivity index (χ1n) is 9.30. The average molecular weight is 369 g/mol. The molecule has 0 aliphatic carbocycles. The summed E-state index contributed by atoms with van der Waals surface area (Å²) in [4.78, 5) is 11.2. The summed E-state index contributed by atoms with van der Waals surface area (Å²) in [7, 11) is 0. The summed E-state index contributed by atoms with van der Waals surface area (Å²) < 4.78 is 2.27. The number of pyridine rings is 1. The highest BCUT2D eigenvalue weighted by Crippen LogP contribution is 2.31. The zero-order valence-corrected chi connectivity index (χ0v) is 15.9. The largest absolute Gasteiger partial charge is 0.346 e. The van der Waals surface area contributed by atoms with Gasteiger partial charge in [-0.3, -0.25) is 4.98 Å². The molecule has 0 spiro atoms. The summed E-state index contributed by atoms with van der Waals surface area (Å²) in [5, 5.41) is 11.0. The molecule has 136 valence electrons. The zero-order valence-electron chi connectivity index (χ0n) is 15.1. The van der Waals surface area contributed by atoms with E-state index in [-0.39, 0.29) is 0 Å². The first-order chi connectivity index (χ1) is 12.8. The van der Waals surface area contributed by atoms with Gasteiger partial charge in [0, 0.05) is 56.8 Å². The highest BCUT2D eigenvalue weighted by molar-refractivity contribution is 7.15. The molecule has 0 radical (unpaired) electrons. The van der Waals surface area contributed by atoms with E-state index in [9.17, 15) is 0 Å². The number of aromatic nitrogens is 5. The predicted molar refractivity (Wildman–Crippen MR) is 104 cm³/mol. The van der Waals surface area contributed by atoms with Crippen LogP contribution in [0.3, 0.4) is 0 Å². The summed E-state index contributed by atoms with van der Waals surface area (Å²) in [6.07, 6.45) is 12.2. The number of aryl methyl sites for hydroxylation is 1. The van der Waals surface area contributed by atoms with Gasteiger partial charge < -0.3 is 9.47 Å². The second kappa shape index (κ2) is 7.95. The summed E-state index contributed by atoms with van der Waals surface area (Å²) in [6, 6.07) is 4.13. The van der Waals surface area contributed by atoms with Gasteiger partial charge in [-0.1, -0.05) is 18.3 Å². The molecule has 3 aromatic heterocycles. The Morgan fingerprint density at radius 2 is 2.08 bits per heavy atom. The Kier molecular flexibility index (Phi) is 5.24. The van der Waals surface area contributed by atoms with Gasteiger partial charge in [0.25, 0.3) is 0 Å². The van der Waals surface area contributed by atoms with Gasteiger partial charge in [-0.25, -0.2) is 4.98 Å². The van der Waals surface area contributed by atoms with Crippen molar-refractivity contribution in [1.82, 2.24) is 24.7 Å². The molecule has 6 nitrogen and oxygen atoms in total. The number of hydrogen-bond donors (Lipinski definition) is 0. The van der Waals surface area contributed by atoms with Crippen LogP contribution in [0.4, 0.5) is 5.13 Å². The Morgan fingerprint density at radius 3 is 2.92 bits per heavy atom. The highest BCUT2D eigenvalue weighted by atomic mass is 32.1. The van der Waals surface area contributed by atoms with Gasteiger partial charge in [0.05, 0.1) is 0 Å². The molecule has 1 aliphatic rings. The molecule has 26 heavy (non-hydrogen) atoms. The lowest BCUT2D eigenvalue weighted by molar-refractivity contribution is 0.475. The fourth-order valence-electron chi connectivity index (χ4n) is 3.55. The number of hydrogen-bond acceptors (Lipinski definition) is 6. The maximum Gasteiger partial charge on any atom is 0.208 e. The van der Waals surface area contributed by atoms with Crippen LogP contribution in [0.25, 0.3) is 0 Å². The van der Waals surface area contributed by atoms with Gasteiger partial charge in [-0.05, 0) is 37.0 Å². The molecule has 0 bridgehead atoms. The summed E-state index contributed by atoms with van der Waals surface area (Å²) in [5.74, 6) is 1.60. The standard InChI is InChI=1S/C19H24N6S/c1-2-4-17-22-23-19(26-17)25-11-3-5-16(14-25)18-21-10-12-24(18)13-15-6-8-20-9-7-15/h6-10,12,16H,2-5,11,13-14H2,1H3. The van der Waals surface area contributed by atoms with E-state index in [1.54, 1.807) is 11.3 Å². The minimum atomic E-state index is 0.430. The topological polar surface area (TPSA) is 59.7 Å². The third kappa shape index (κ3) is 3.77. The molecule has 1 aliphatic heterocycles. The minimum absolute atomic E-state index is 0.430. The van der Waals surface area contributed by atoms with Crippen LogP contribution in [0.15, 0.2) is 36.9 Å². The van der Waals surface area contributed by atoms with Crippen molar-refractivity contribution in [2.45, 2.75) is 45.1 Å². The monoisotopic (exact) mass is 368 g/mol. The summed E-state index contributed by atoms with van der Waals surface area (Å²) >= 11 is 1.74. The Labute approximate surface area is 157 Å². The predicted octanol–water partition coefficient (Wildman–Crippen LogP) is 3.51. The van der Waals surface area contributed by atoms with Crippen molar-refractivity contribution in [3.8, 4) is 0 Å². The van der Waals surface area contributed by atoms with E-state index in [0.29, 0.717) is 5.92 Å². The second-order valence-electron chi connectivity index (χ2n) is 6.78. The molecule has 4 heterocycles. The molecule has 1 saturated heterocycles. The minimum Gasteiger partial charge on any atom is -0.346 e. The number of imidazole rings is 1. The average Bonchev–Trinajstić information content (AvgIpc) is 3.33. The van der Waals surface area contributed by atoms with Gasteiger partial charge >= 0.3 is 0 Å². The van der Waals surface area contributed by atoms with E-state index in [0.717, 1.165) is 49.0 Å². The molecular formula is C19H24N6S. The van der Waals surface area contributed by atoms with Crippen LogP contribution in [0.1, 0.15) is 48.5 Å². The quantitative estimate of drug-likeness (QED) is 0.666. The Bertz CT molecular complexity index is 827. The van der Waals surface area contributed by atoms with Crippen molar-refractivity contribution in [1.29, 1.82) is 0 Å². The molecule has 0 saturated carbocycles. The maximum atomic E-state index is 4.69. The van der Waals surface area contributed by atoms with Gasteiger partial charge in [0.2, 0.25) is 5.13 Å². The molecule has 1 atom stereocenters. The second-order valence-corrected chi connectivity index (χ2v) is 7.82. The van der Waals surface area contributed by atoms with Crippen molar-refractivity contribution < 1.29 is 0 Å².